The zero-order chi connectivity index (χ0) is 20.5. The van der Waals surface area contributed by atoms with Gasteiger partial charge in [0.15, 0.2) is 16.6 Å². The van der Waals surface area contributed by atoms with E-state index < -0.39 is 0 Å². The third kappa shape index (κ3) is 3.46. The van der Waals surface area contributed by atoms with Gasteiger partial charge >= 0.3 is 0 Å². The minimum absolute atomic E-state index is 0.270. The van der Waals surface area contributed by atoms with Crippen molar-refractivity contribution in [2.75, 3.05) is 0 Å². The van der Waals surface area contributed by atoms with Crippen LogP contribution in [0.15, 0.2) is 77.0 Å². The Bertz CT molecular complexity index is 1310. The van der Waals surface area contributed by atoms with E-state index in [2.05, 4.69) is 25.4 Å². The van der Waals surface area contributed by atoms with Gasteiger partial charge in [-0.2, -0.15) is 5.10 Å². The van der Waals surface area contributed by atoms with E-state index >= 15 is 0 Å². The van der Waals surface area contributed by atoms with Gasteiger partial charge in [-0.3, -0.25) is 4.79 Å². The van der Waals surface area contributed by atoms with Crippen LogP contribution in [0.25, 0.3) is 22.8 Å². The van der Waals surface area contributed by atoms with E-state index in [0.29, 0.717) is 26.9 Å². The van der Waals surface area contributed by atoms with E-state index in [-0.39, 0.29) is 11.7 Å². The molecule has 2 aromatic heterocycles. The van der Waals surface area contributed by atoms with Gasteiger partial charge in [-0.05, 0) is 47.7 Å². The number of thioether (sulfide) groups is 1. The lowest BCUT2D eigenvalue weighted by Gasteiger charge is -2.02. The summed E-state index contributed by atoms with van der Waals surface area (Å²) in [6, 6.07) is 15.5. The van der Waals surface area contributed by atoms with Crippen LogP contribution in [0.1, 0.15) is 5.56 Å². The highest BCUT2D eigenvalue weighted by Crippen LogP contribution is 2.30. The van der Waals surface area contributed by atoms with E-state index in [1.165, 1.54) is 30.2 Å². The molecule has 146 valence electrons. The minimum Gasteiger partial charge on any atom is -0.300 e. The summed E-state index contributed by atoms with van der Waals surface area (Å²) < 4.78 is 14.8. The fraction of sp³-hybridized carbons (Fsp3) is 0. The van der Waals surface area contributed by atoms with Crippen molar-refractivity contribution in [3.05, 3.63) is 83.4 Å². The summed E-state index contributed by atoms with van der Waals surface area (Å²) in [6.07, 6.45) is 4.75. The van der Waals surface area contributed by atoms with Crippen LogP contribution >= 0.6 is 11.8 Å². The first kappa shape index (κ1) is 18.2. The number of benzene rings is 2. The topological polar surface area (TPSA) is 85.1 Å². The Labute approximate surface area is 174 Å². The monoisotopic (exact) mass is 416 g/mol. The van der Waals surface area contributed by atoms with E-state index in [1.54, 1.807) is 29.1 Å². The molecule has 1 aliphatic heterocycles. The van der Waals surface area contributed by atoms with E-state index in [9.17, 15) is 9.18 Å². The van der Waals surface area contributed by atoms with Crippen molar-refractivity contribution in [2.45, 2.75) is 0 Å². The number of nitrogens with zero attached hydrogens (tertiary/aromatic N) is 5. The predicted octanol–water partition coefficient (Wildman–Crippen LogP) is 3.85. The Balaban J connectivity index is 1.47. The number of carbonyl (C=O) groups is 1. The number of nitrogens with one attached hydrogen (secondary N) is 1. The molecule has 1 saturated heterocycles. The highest BCUT2D eigenvalue weighted by molar-refractivity contribution is 8.18. The largest absolute Gasteiger partial charge is 0.300 e. The van der Waals surface area contributed by atoms with Gasteiger partial charge < -0.3 is 5.32 Å². The SMILES string of the molecule is O=C1N/C(=N\c2ncnc3c2cnn3-c2ccccc2)S/C1=C\c1ccc(F)cc1. The van der Waals surface area contributed by atoms with Crippen LogP contribution in [-0.2, 0) is 4.79 Å². The van der Waals surface area contributed by atoms with Gasteiger partial charge in [0.25, 0.3) is 5.91 Å². The van der Waals surface area contributed by atoms with Crippen LogP contribution in [-0.4, -0.2) is 30.8 Å². The summed E-state index contributed by atoms with van der Waals surface area (Å²) in [6.45, 7) is 0. The summed E-state index contributed by atoms with van der Waals surface area (Å²) in [5.74, 6) is -0.187. The van der Waals surface area contributed by atoms with Crippen molar-refractivity contribution in [1.29, 1.82) is 0 Å². The maximum Gasteiger partial charge on any atom is 0.264 e. The minimum atomic E-state index is -0.327. The molecule has 0 aliphatic carbocycles. The number of aliphatic imine (C=N–C) groups is 1. The molecule has 5 rings (SSSR count). The van der Waals surface area contributed by atoms with Crippen LogP contribution in [0.5, 0.6) is 0 Å². The van der Waals surface area contributed by atoms with Crippen molar-refractivity contribution in [3.8, 4) is 5.69 Å². The first-order chi connectivity index (χ1) is 14.7. The number of hydrogen-bond acceptors (Lipinski definition) is 6. The first-order valence-corrected chi connectivity index (χ1v) is 9.78. The molecule has 3 heterocycles. The fourth-order valence-electron chi connectivity index (χ4n) is 2.97. The van der Waals surface area contributed by atoms with Gasteiger partial charge in [0.1, 0.15) is 12.1 Å². The molecule has 0 saturated carbocycles. The van der Waals surface area contributed by atoms with Crippen molar-refractivity contribution in [1.82, 2.24) is 25.1 Å². The third-order valence-electron chi connectivity index (χ3n) is 4.37. The van der Waals surface area contributed by atoms with Crippen LogP contribution in [0.3, 0.4) is 0 Å². The number of para-hydroxylation sites is 1. The molecule has 0 unspecified atom stereocenters. The van der Waals surface area contributed by atoms with Crippen molar-refractivity contribution in [3.63, 3.8) is 0 Å². The van der Waals surface area contributed by atoms with Gasteiger partial charge in [0.05, 0.1) is 22.2 Å². The lowest BCUT2D eigenvalue weighted by Crippen LogP contribution is -2.19. The van der Waals surface area contributed by atoms with Gasteiger partial charge in [-0.15, -0.1) is 0 Å². The van der Waals surface area contributed by atoms with E-state index in [1.807, 2.05) is 30.3 Å². The summed E-state index contributed by atoms with van der Waals surface area (Å²) in [5.41, 5.74) is 2.22. The second-order valence-electron chi connectivity index (χ2n) is 6.36. The Hall–Kier alpha value is -3.85. The summed E-state index contributed by atoms with van der Waals surface area (Å²) in [5, 5.41) is 8.20. The molecule has 0 spiro atoms. The molecule has 1 amide bonds. The van der Waals surface area contributed by atoms with Crippen LogP contribution in [0, 0.1) is 5.82 Å². The molecule has 4 aromatic rings. The molecular weight excluding hydrogens is 403 g/mol. The number of amides is 1. The molecule has 0 radical (unpaired) electrons. The zero-order valence-electron chi connectivity index (χ0n) is 15.4. The van der Waals surface area contributed by atoms with E-state index in [0.717, 1.165) is 11.3 Å². The van der Waals surface area contributed by atoms with Crippen molar-refractivity contribution >= 4 is 45.8 Å². The third-order valence-corrected chi connectivity index (χ3v) is 5.28. The average molecular weight is 416 g/mol. The number of amidine groups is 1. The Morgan fingerprint density at radius 2 is 1.87 bits per heavy atom. The molecule has 9 heteroatoms. The molecule has 30 heavy (non-hydrogen) atoms. The molecule has 0 bridgehead atoms. The average Bonchev–Trinajstić information content (AvgIpc) is 3.34. The maximum absolute atomic E-state index is 13.1. The summed E-state index contributed by atoms with van der Waals surface area (Å²) >= 11 is 1.19. The Kier molecular flexibility index (Phi) is 4.56. The van der Waals surface area contributed by atoms with Crippen molar-refractivity contribution in [2.24, 2.45) is 4.99 Å². The molecule has 1 fully saturated rings. The lowest BCUT2D eigenvalue weighted by atomic mass is 10.2. The predicted molar refractivity (Wildman–Crippen MR) is 114 cm³/mol. The quantitative estimate of drug-likeness (QED) is 0.513. The number of carbonyl (C=O) groups excluding carboxylic acids is 1. The summed E-state index contributed by atoms with van der Waals surface area (Å²) in [7, 11) is 0. The smallest absolute Gasteiger partial charge is 0.264 e. The normalized spacial score (nSPS) is 16.5. The second kappa shape index (κ2) is 7.53. The number of fused-ring (bicyclic) bond motifs is 1. The van der Waals surface area contributed by atoms with Crippen LogP contribution in [0.2, 0.25) is 0 Å². The van der Waals surface area contributed by atoms with Gasteiger partial charge in [0.2, 0.25) is 0 Å². The molecule has 2 aromatic carbocycles. The first-order valence-electron chi connectivity index (χ1n) is 8.97. The Morgan fingerprint density at radius 1 is 1.07 bits per heavy atom. The molecule has 1 N–H and O–H groups in total. The maximum atomic E-state index is 13.1. The van der Waals surface area contributed by atoms with Crippen LogP contribution < -0.4 is 5.32 Å². The van der Waals surface area contributed by atoms with Gasteiger partial charge in [-0.25, -0.2) is 24.0 Å². The van der Waals surface area contributed by atoms with Crippen molar-refractivity contribution < 1.29 is 9.18 Å². The lowest BCUT2D eigenvalue weighted by molar-refractivity contribution is -0.115. The number of hydrogen-bond donors (Lipinski definition) is 1. The molecule has 0 atom stereocenters. The Morgan fingerprint density at radius 3 is 2.67 bits per heavy atom. The standard InChI is InChI=1S/C21H13FN6OS/c22-14-8-6-13(7-9-14)10-17-20(29)27-21(30-17)26-18-16-11-25-28(19(16)24-12-23-18)15-4-2-1-3-5-15/h1-12H,(H,23,24,26,27,29)/b17-10-. The molecular formula is C21H13FN6OS. The molecule has 7 nitrogen and oxygen atoms in total. The second-order valence-corrected chi connectivity index (χ2v) is 7.39. The fourth-order valence-corrected chi connectivity index (χ4v) is 3.79. The van der Waals surface area contributed by atoms with Gasteiger partial charge in [-0.1, -0.05) is 30.3 Å². The zero-order valence-corrected chi connectivity index (χ0v) is 16.2. The number of aromatic nitrogens is 4. The van der Waals surface area contributed by atoms with Crippen LogP contribution in [0.4, 0.5) is 10.2 Å². The highest BCUT2D eigenvalue weighted by Gasteiger charge is 2.24. The van der Waals surface area contributed by atoms with E-state index in [4.69, 9.17) is 0 Å². The van der Waals surface area contributed by atoms with Gasteiger partial charge in [0, 0.05) is 0 Å². The molecule has 1 aliphatic rings. The number of rotatable bonds is 3. The number of halogens is 1. The summed E-state index contributed by atoms with van der Waals surface area (Å²) in [4.78, 5) is 25.8. The highest BCUT2D eigenvalue weighted by atomic mass is 32.2.